The van der Waals surface area contributed by atoms with Crippen LogP contribution < -0.4 is 0 Å². The van der Waals surface area contributed by atoms with Crippen molar-refractivity contribution in [3.8, 4) is 6.07 Å². The third kappa shape index (κ3) is 1.69. The number of ether oxygens (including phenoxy) is 1. The van der Waals surface area contributed by atoms with Gasteiger partial charge in [0.25, 0.3) is 0 Å². The molecule has 0 saturated carbocycles. The lowest BCUT2D eigenvalue weighted by molar-refractivity contribution is -0.0984. The molecule has 1 saturated heterocycles. The van der Waals surface area contributed by atoms with Gasteiger partial charge in [-0.25, -0.2) is 5.11 Å². The first kappa shape index (κ1) is 7.52. The van der Waals surface area contributed by atoms with Gasteiger partial charge in [0.1, 0.15) is 6.10 Å². The highest BCUT2D eigenvalue weighted by atomic mass is 16.5. The summed E-state index contributed by atoms with van der Waals surface area (Å²) in [6, 6.07) is 1.94. The molecule has 0 aromatic heterocycles. The fraction of sp³-hybridized carbons (Fsp3) is 0.857. The summed E-state index contributed by atoms with van der Waals surface area (Å²) in [4.78, 5) is 0. The van der Waals surface area contributed by atoms with Crippen LogP contribution in [0.25, 0.3) is 0 Å². The zero-order valence-electron chi connectivity index (χ0n) is 5.75. The average molecular weight is 140 g/mol. The average Bonchev–Trinajstić information content (AvgIpc) is 1.94. The molecule has 1 radical (unpaired) electrons. The standard InChI is InChI=1S/C7H10NO2/c8-4-3-7-6(9)2-1-5-10-7/h6-7H,1-3,5H2. The Morgan fingerprint density at radius 2 is 2.50 bits per heavy atom. The van der Waals surface area contributed by atoms with Crippen molar-refractivity contribution in [1.29, 1.82) is 5.26 Å². The van der Waals surface area contributed by atoms with Gasteiger partial charge in [0.2, 0.25) is 0 Å². The lowest BCUT2D eigenvalue weighted by Crippen LogP contribution is -2.32. The van der Waals surface area contributed by atoms with Crippen molar-refractivity contribution in [2.24, 2.45) is 0 Å². The Kier molecular flexibility index (Phi) is 2.67. The largest absolute Gasteiger partial charge is 0.374 e. The van der Waals surface area contributed by atoms with Gasteiger partial charge in [0.15, 0.2) is 0 Å². The van der Waals surface area contributed by atoms with Crippen LogP contribution in [0, 0.1) is 11.3 Å². The molecule has 0 N–H and O–H groups in total. The molecule has 0 aliphatic carbocycles. The fourth-order valence-electron chi connectivity index (χ4n) is 1.09. The first-order valence-electron chi connectivity index (χ1n) is 3.49. The third-order valence-corrected chi connectivity index (χ3v) is 1.67. The highest BCUT2D eigenvalue weighted by molar-refractivity contribution is 4.83. The van der Waals surface area contributed by atoms with Crippen LogP contribution in [0.4, 0.5) is 0 Å². The molecule has 1 rings (SSSR count). The predicted octanol–water partition coefficient (Wildman–Crippen LogP) is 0.878. The Hall–Kier alpha value is -0.590. The number of hydrogen-bond donors (Lipinski definition) is 0. The summed E-state index contributed by atoms with van der Waals surface area (Å²) in [5.41, 5.74) is 0. The van der Waals surface area contributed by atoms with Crippen LogP contribution in [0.2, 0.25) is 0 Å². The van der Waals surface area contributed by atoms with Crippen LogP contribution in [0.3, 0.4) is 0 Å². The maximum absolute atomic E-state index is 11.0. The molecule has 0 spiro atoms. The monoisotopic (exact) mass is 140 g/mol. The number of rotatable bonds is 1. The van der Waals surface area contributed by atoms with E-state index >= 15 is 0 Å². The molecule has 1 fully saturated rings. The van der Waals surface area contributed by atoms with Gasteiger partial charge in [0, 0.05) is 6.61 Å². The topological polar surface area (TPSA) is 52.9 Å². The molecule has 3 nitrogen and oxygen atoms in total. The fourth-order valence-corrected chi connectivity index (χ4v) is 1.09. The van der Waals surface area contributed by atoms with Crippen LogP contribution in [0.1, 0.15) is 19.3 Å². The van der Waals surface area contributed by atoms with Crippen LogP contribution in [-0.2, 0) is 9.84 Å². The van der Waals surface area contributed by atoms with Crippen molar-refractivity contribution >= 4 is 0 Å². The quantitative estimate of drug-likeness (QED) is 0.542. The van der Waals surface area contributed by atoms with E-state index in [0.29, 0.717) is 13.0 Å². The molecule has 55 valence electrons. The molecule has 1 aliphatic heterocycles. The number of hydrogen-bond acceptors (Lipinski definition) is 2. The molecular weight excluding hydrogens is 130 g/mol. The van der Waals surface area contributed by atoms with Gasteiger partial charge in [0.05, 0.1) is 18.6 Å². The third-order valence-electron chi connectivity index (χ3n) is 1.67. The number of nitriles is 1. The maximum Gasteiger partial charge on any atom is 0.120 e. The summed E-state index contributed by atoms with van der Waals surface area (Å²) >= 11 is 0. The summed E-state index contributed by atoms with van der Waals surface area (Å²) in [7, 11) is 0. The van der Waals surface area contributed by atoms with Crippen molar-refractivity contribution in [2.75, 3.05) is 6.61 Å². The Morgan fingerprint density at radius 3 is 3.10 bits per heavy atom. The van der Waals surface area contributed by atoms with Crippen molar-refractivity contribution in [2.45, 2.75) is 31.5 Å². The second-order valence-electron chi connectivity index (χ2n) is 2.45. The van der Waals surface area contributed by atoms with Gasteiger partial charge in [-0.15, -0.1) is 0 Å². The molecule has 0 aromatic carbocycles. The first-order chi connectivity index (χ1) is 4.84. The summed E-state index contributed by atoms with van der Waals surface area (Å²) in [5.74, 6) is 0. The first-order valence-corrected chi connectivity index (χ1v) is 3.49. The van der Waals surface area contributed by atoms with Gasteiger partial charge in [-0.3, -0.25) is 0 Å². The molecule has 10 heavy (non-hydrogen) atoms. The van der Waals surface area contributed by atoms with Crippen molar-refractivity contribution in [1.82, 2.24) is 0 Å². The molecule has 0 aromatic rings. The van der Waals surface area contributed by atoms with E-state index in [-0.39, 0.29) is 12.5 Å². The Labute approximate surface area is 60.2 Å². The van der Waals surface area contributed by atoms with Gasteiger partial charge in [-0.05, 0) is 12.8 Å². The molecule has 3 heteroatoms. The van der Waals surface area contributed by atoms with E-state index in [1.54, 1.807) is 0 Å². The molecule has 2 unspecified atom stereocenters. The lowest BCUT2D eigenvalue weighted by atomic mass is 10.0. The molecule has 1 aliphatic rings. The van der Waals surface area contributed by atoms with E-state index in [2.05, 4.69) is 0 Å². The highest BCUT2D eigenvalue weighted by Crippen LogP contribution is 2.16. The lowest BCUT2D eigenvalue weighted by Gasteiger charge is -2.24. The van der Waals surface area contributed by atoms with E-state index in [4.69, 9.17) is 10.00 Å². The minimum absolute atomic E-state index is 0.244. The van der Waals surface area contributed by atoms with Crippen LogP contribution in [0.15, 0.2) is 0 Å². The van der Waals surface area contributed by atoms with Crippen molar-refractivity contribution in [3.05, 3.63) is 0 Å². The van der Waals surface area contributed by atoms with Crippen molar-refractivity contribution in [3.63, 3.8) is 0 Å². The van der Waals surface area contributed by atoms with Gasteiger partial charge in [-0.2, -0.15) is 5.26 Å². The van der Waals surface area contributed by atoms with E-state index in [0.717, 1.165) is 6.42 Å². The normalized spacial score (nSPS) is 33.2. The second kappa shape index (κ2) is 3.55. The minimum Gasteiger partial charge on any atom is -0.374 e. The number of nitrogens with zero attached hydrogens (tertiary/aromatic N) is 1. The zero-order chi connectivity index (χ0) is 7.40. The molecule has 1 heterocycles. The summed E-state index contributed by atoms with van der Waals surface area (Å²) < 4.78 is 5.10. The van der Waals surface area contributed by atoms with Crippen LogP contribution >= 0.6 is 0 Å². The van der Waals surface area contributed by atoms with Crippen molar-refractivity contribution < 1.29 is 9.84 Å². The molecule has 0 bridgehead atoms. The minimum atomic E-state index is -0.673. The highest BCUT2D eigenvalue weighted by Gasteiger charge is 2.24. The Balaban J connectivity index is 2.34. The SMILES string of the molecule is N#CCC1OCCCC1[O]. The van der Waals surface area contributed by atoms with Crippen LogP contribution in [0.5, 0.6) is 0 Å². The molecular formula is C7H10NO2. The molecule has 2 atom stereocenters. The predicted molar refractivity (Wildman–Crippen MR) is 33.7 cm³/mol. The Morgan fingerprint density at radius 1 is 1.70 bits per heavy atom. The van der Waals surface area contributed by atoms with Crippen LogP contribution in [-0.4, -0.2) is 18.8 Å². The molecule has 0 amide bonds. The Bertz CT molecular complexity index is 141. The summed E-state index contributed by atoms with van der Waals surface area (Å²) in [6.07, 6.45) is 0.725. The van der Waals surface area contributed by atoms with Gasteiger partial charge >= 0.3 is 0 Å². The van der Waals surface area contributed by atoms with Gasteiger partial charge < -0.3 is 4.74 Å². The smallest absolute Gasteiger partial charge is 0.120 e. The summed E-state index contributed by atoms with van der Waals surface area (Å²) in [6.45, 7) is 0.644. The van der Waals surface area contributed by atoms with E-state index in [1.807, 2.05) is 6.07 Å². The zero-order valence-corrected chi connectivity index (χ0v) is 5.75. The van der Waals surface area contributed by atoms with E-state index in [1.165, 1.54) is 0 Å². The maximum atomic E-state index is 11.0. The second-order valence-corrected chi connectivity index (χ2v) is 2.45. The summed E-state index contributed by atoms with van der Waals surface area (Å²) in [5, 5.41) is 19.3. The van der Waals surface area contributed by atoms with E-state index in [9.17, 15) is 5.11 Å². The van der Waals surface area contributed by atoms with E-state index < -0.39 is 6.10 Å². The van der Waals surface area contributed by atoms with Gasteiger partial charge in [-0.1, -0.05) is 0 Å².